The monoisotopic (exact) mass is 450 g/mol. The van der Waals surface area contributed by atoms with Crippen molar-refractivity contribution in [3.8, 4) is 23.0 Å². The Kier molecular flexibility index (Phi) is 10.1. The van der Waals surface area contributed by atoms with Crippen LogP contribution < -0.4 is 18.9 Å². The van der Waals surface area contributed by atoms with Crippen LogP contribution in [0.1, 0.15) is 20.7 Å². The molecule has 174 valence electrons. The maximum Gasteiger partial charge on any atom is 0.335 e. The van der Waals surface area contributed by atoms with E-state index in [4.69, 9.17) is 38.6 Å². The molecule has 0 fully saturated rings. The van der Waals surface area contributed by atoms with Crippen LogP contribution in [0.2, 0.25) is 0 Å². The minimum absolute atomic E-state index is 0.113. The number of ether oxygens (including phenoxy) is 6. The van der Waals surface area contributed by atoms with Crippen molar-refractivity contribution in [1.29, 1.82) is 0 Å². The Balaban J connectivity index is 1.58. The number of aromatic carboxylic acids is 2. The second-order valence-corrected chi connectivity index (χ2v) is 6.26. The van der Waals surface area contributed by atoms with E-state index in [1.54, 1.807) is 0 Å². The van der Waals surface area contributed by atoms with Crippen LogP contribution in [0.3, 0.4) is 0 Å². The van der Waals surface area contributed by atoms with Gasteiger partial charge in [0.15, 0.2) is 23.0 Å². The zero-order chi connectivity index (χ0) is 23.3. The van der Waals surface area contributed by atoms with Crippen LogP contribution in [0.4, 0.5) is 0 Å². The third kappa shape index (κ3) is 7.64. The molecule has 0 radical (unpaired) electrons. The Morgan fingerprint density at radius 1 is 0.625 bits per heavy atom. The van der Waals surface area contributed by atoms with Crippen LogP contribution >= 0.6 is 0 Å². The first-order valence-electron chi connectivity index (χ1n) is 9.70. The molecule has 0 bridgehead atoms. The molecule has 0 aliphatic carbocycles. The molecule has 0 aliphatic heterocycles. The van der Waals surface area contributed by atoms with Crippen molar-refractivity contribution in [3.63, 3.8) is 0 Å². The Bertz CT molecular complexity index is 823. The van der Waals surface area contributed by atoms with Gasteiger partial charge in [-0.25, -0.2) is 9.59 Å². The summed E-state index contributed by atoms with van der Waals surface area (Å²) in [6.45, 7) is 1.87. The quantitative estimate of drug-likeness (QED) is 0.391. The largest absolute Gasteiger partial charge is 0.493 e. The predicted molar refractivity (Wildman–Crippen MR) is 113 cm³/mol. The molecule has 10 heteroatoms. The van der Waals surface area contributed by atoms with Crippen LogP contribution in [0, 0.1) is 0 Å². The lowest BCUT2D eigenvalue weighted by Gasteiger charge is -2.12. The average molecular weight is 450 g/mol. The first-order valence-corrected chi connectivity index (χ1v) is 9.70. The maximum absolute atomic E-state index is 11.0. The lowest BCUT2D eigenvalue weighted by molar-refractivity contribution is 0.0269. The number of carboxylic acids is 2. The van der Waals surface area contributed by atoms with Gasteiger partial charge in [0, 0.05) is 0 Å². The fraction of sp³-hybridized carbons (Fsp3) is 0.364. The third-order valence-electron chi connectivity index (χ3n) is 4.16. The van der Waals surface area contributed by atoms with Crippen LogP contribution in [0.25, 0.3) is 0 Å². The van der Waals surface area contributed by atoms with Crippen LogP contribution in [0.15, 0.2) is 36.4 Å². The smallest absolute Gasteiger partial charge is 0.335 e. The molecule has 0 saturated carbocycles. The number of carbonyl (C=O) groups is 2. The molecule has 0 spiro atoms. The zero-order valence-electron chi connectivity index (χ0n) is 17.9. The van der Waals surface area contributed by atoms with E-state index in [1.807, 2.05) is 0 Å². The number of rotatable bonds is 15. The van der Waals surface area contributed by atoms with Gasteiger partial charge in [-0.15, -0.1) is 0 Å². The number of methoxy groups -OCH3 is 2. The van der Waals surface area contributed by atoms with Crippen molar-refractivity contribution in [2.75, 3.05) is 53.9 Å². The second-order valence-electron chi connectivity index (χ2n) is 6.26. The lowest BCUT2D eigenvalue weighted by atomic mass is 10.2. The molecule has 0 aromatic heterocycles. The van der Waals surface area contributed by atoms with E-state index in [0.717, 1.165) is 0 Å². The fourth-order valence-electron chi connectivity index (χ4n) is 2.58. The fourth-order valence-corrected chi connectivity index (χ4v) is 2.58. The molecule has 0 amide bonds. The Labute approximate surface area is 185 Å². The van der Waals surface area contributed by atoms with Crippen molar-refractivity contribution < 1.29 is 48.2 Å². The van der Waals surface area contributed by atoms with Crippen molar-refractivity contribution in [1.82, 2.24) is 0 Å². The summed E-state index contributed by atoms with van der Waals surface area (Å²) in [6.07, 6.45) is 0. The molecule has 32 heavy (non-hydrogen) atoms. The second kappa shape index (κ2) is 13.0. The highest BCUT2D eigenvalue weighted by Gasteiger charge is 2.11. The highest BCUT2D eigenvalue weighted by molar-refractivity contribution is 5.89. The van der Waals surface area contributed by atoms with Gasteiger partial charge in [0.2, 0.25) is 0 Å². The summed E-state index contributed by atoms with van der Waals surface area (Å²) in [5, 5.41) is 18.0. The van der Waals surface area contributed by atoms with Gasteiger partial charge >= 0.3 is 11.9 Å². The molecule has 0 saturated heterocycles. The molecule has 0 atom stereocenters. The van der Waals surface area contributed by atoms with Crippen LogP contribution in [-0.4, -0.2) is 76.0 Å². The Morgan fingerprint density at radius 3 is 1.34 bits per heavy atom. The molecular weight excluding hydrogens is 424 g/mol. The summed E-state index contributed by atoms with van der Waals surface area (Å²) in [5.41, 5.74) is 0.226. The van der Waals surface area contributed by atoms with Gasteiger partial charge < -0.3 is 38.6 Å². The first kappa shape index (κ1) is 24.8. The van der Waals surface area contributed by atoms with E-state index in [-0.39, 0.29) is 24.3 Å². The molecule has 0 aliphatic rings. The van der Waals surface area contributed by atoms with Crippen molar-refractivity contribution in [2.45, 2.75) is 0 Å². The summed E-state index contributed by atoms with van der Waals surface area (Å²) < 4.78 is 32.2. The Morgan fingerprint density at radius 2 is 1.00 bits per heavy atom. The van der Waals surface area contributed by atoms with E-state index in [1.165, 1.54) is 50.6 Å². The van der Waals surface area contributed by atoms with E-state index in [0.29, 0.717) is 49.4 Å². The van der Waals surface area contributed by atoms with E-state index in [9.17, 15) is 9.59 Å². The van der Waals surface area contributed by atoms with Gasteiger partial charge in [-0.1, -0.05) is 0 Å². The van der Waals surface area contributed by atoms with Gasteiger partial charge in [-0.05, 0) is 36.4 Å². The normalized spacial score (nSPS) is 10.4. The number of hydrogen-bond donors (Lipinski definition) is 2. The van der Waals surface area contributed by atoms with Crippen molar-refractivity contribution in [3.05, 3.63) is 47.5 Å². The van der Waals surface area contributed by atoms with Gasteiger partial charge in [0.05, 0.1) is 51.8 Å². The van der Waals surface area contributed by atoms with Gasteiger partial charge in [-0.3, -0.25) is 0 Å². The minimum Gasteiger partial charge on any atom is -0.493 e. The summed E-state index contributed by atoms with van der Waals surface area (Å²) in [6, 6.07) is 8.74. The van der Waals surface area contributed by atoms with Gasteiger partial charge in [-0.2, -0.15) is 0 Å². The molecule has 0 unspecified atom stereocenters. The van der Waals surface area contributed by atoms with Crippen molar-refractivity contribution in [2.24, 2.45) is 0 Å². The standard InChI is InChI=1S/C22H26O10/c1-27-19-13-15(21(23)24)3-5-17(19)31-11-9-29-7-8-30-10-12-32-18-6-4-16(22(25)26)14-20(18)28-2/h3-6,13-14H,7-12H2,1-2H3,(H,23,24)(H,25,26). The van der Waals surface area contributed by atoms with E-state index in [2.05, 4.69) is 0 Å². The number of benzene rings is 2. The summed E-state index contributed by atoms with van der Waals surface area (Å²) in [4.78, 5) is 22.0. The molecule has 2 N–H and O–H groups in total. The highest BCUT2D eigenvalue weighted by atomic mass is 16.6. The predicted octanol–water partition coefficient (Wildman–Crippen LogP) is 2.59. The molecule has 2 aromatic rings. The molecule has 0 heterocycles. The SMILES string of the molecule is COc1cc(C(=O)O)ccc1OCCOCCOCCOc1ccc(C(=O)O)cc1OC. The minimum atomic E-state index is -1.04. The maximum atomic E-state index is 11.0. The topological polar surface area (TPSA) is 130 Å². The van der Waals surface area contributed by atoms with Gasteiger partial charge in [0.25, 0.3) is 0 Å². The molecule has 10 nitrogen and oxygen atoms in total. The summed E-state index contributed by atoms with van der Waals surface area (Å²) >= 11 is 0. The van der Waals surface area contributed by atoms with E-state index >= 15 is 0 Å². The van der Waals surface area contributed by atoms with E-state index < -0.39 is 11.9 Å². The average Bonchev–Trinajstić information content (AvgIpc) is 2.79. The highest BCUT2D eigenvalue weighted by Crippen LogP contribution is 2.28. The number of hydrogen-bond acceptors (Lipinski definition) is 8. The van der Waals surface area contributed by atoms with Crippen LogP contribution in [0.5, 0.6) is 23.0 Å². The summed E-state index contributed by atoms with van der Waals surface area (Å²) in [7, 11) is 2.87. The first-order chi connectivity index (χ1) is 15.5. The van der Waals surface area contributed by atoms with Gasteiger partial charge in [0.1, 0.15) is 13.2 Å². The third-order valence-corrected chi connectivity index (χ3v) is 4.16. The number of carboxylic acid groups (broad SMARTS) is 2. The molecule has 2 rings (SSSR count). The van der Waals surface area contributed by atoms with Crippen molar-refractivity contribution >= 4 is 11.9 Å². The lowest BCUT2D eigenvalue weighted by Crippen LogP contribution is -2.14. The molecule has 2 aromatic carbocycles. The Hall–Kier alpha value is -3.50. The molecular formula is C22H26O10. The van der Waals surface area contributed by atoms with Crippen LogP contribution in [-0.2, 0) is 9.47 Å². The summed E-state index contributed by atoms with van der Waals surface area (Å²) in [5.74, 6) is -0.551. The zero-order valence-corrected chi connectivity index (χ0v) is 17.9.